The van der Waals surface area contributed by atoms with E-state index in [1.807, 2.05) is 60.7 Å². The molecule has 0 fully saturated rings. The molecule has 0 bridgehead atoms. The van der Waals surface area contributed by atoms with Crippen LogP contribution < -0.4 is 10.6 Å². The number of thiocarbonyl (C=S) groups is 1. The molecule has 4 heteroatoms. The minimum absolute atomic E-state index is 0.213. The van der Waals surface area contributed by atoms with E-state index < -0.39 is 0 Å². The third-order valence-corrected chi connectivity index (χ3v) is 4.09. The van der Waals surface area contributed by atoms with Crippen LogP contribution in [0.2, 0.25) is 0 Å². The second kappa shape index (κ2) is 7.23. The number of hydrogen-bond acceptors (Lipinski definition) is 2. The molecule has 0 aliphatic heterocycles. The zero-order valence-corrected chi connectivity index (χ0v) is 14.2. The van der Waals surface area contributed by atoms with E-state index in [1.165, 1.54) is 5.56 Å². The van der Waals surface area contributed by atoms with E-state index in [0.29, 0.717) is 5.56 Å². The summed E-state index contributed by atoms with van der Waals surface area (Å²) in [7, 11) is 0. The van der Waals surface area contributed by atoms with Crippen molar-refractivity contribution in [2.24, 2.45) is 0 Å². The number of hydrogen-bond donors (Lipinski definition) is 2. The van der Waals surface area contributed by atoms with Gasteiger partial charge in [0.15, 0.2) is 5.11 Å². The van der Waals surface area contributed by atoms with Crippen LogP contribution in [-0.2, 0) is 6.42 Å². The van der Waals surface area contributed by atoms with Crippen LogP contribution in [0.3, 0.4) is 0 Å². The maximum atomic E-state index is 12.5. The average Bonchev–Trinajstić information content (AvgIpc) is 2.61. The fourth-order valence-corrected chi connectivity index (χ4v) is 2.79. The van der Waals surface area contributed by atoms with E-state index >= 15 is 0 Å². The molecule has 0 heterocycles. The normalized spacial score (nSPS) is 10.4. The van der Waals surface area contributed by atoms with Gasteiger partial charge in [-0.25, -0.2) is 0 Å². The second-order valence-corrected chi connectivity index (χ2v) is 5.89. The minimum Gasteiger partial charge on any atom is -0.332 e. The van der Waals surface area contributed by atoms with Gasteiger partial charge in [0.2, 0.25) is 0 Å². The van der Waals surface area contributed by atoms with E-state index in [2.05, 4.69) is 17.6 Å². The van der Waals surface area contributed by atoms with Gasteiger partial charge in [-0.1, -0.05) is 55.5 Å². The van der Waals surface area contributed by atoms with Gasteiger partial charge in [0.25, 0.3) is 5.91 Å². The van der Waals surface area contributed by atoms with Crippen LogP contribution in [0.4, 0.5) is 5.69 Å². The first-order valence-electron chi connectivity index (χ1n) is 7.86. The van der Waals surface area contributed by atoms with E-state index in [4.69, 9.17) is 12.2 Å². The fourth-order valence-electron chi connectivity index (χ4n) is 2.58. The Morgan fingerprint density at radius 3 is 2.42 bits per heavy atom. The van der Waals surface area contributed by atoms with Crippen LogP contribution in [0.1, 0.15) is 22.8 Å². The molecule has 1 amide bonds. The summed E-state index contributed by atoms with van der Waals surface area (Å²) in [6, 6.07) is 21.4. The Morgan fingerprint density at radius 1 is 0.958 bits per heavy atom. The lowest BCUT2D eigenvalue weighted by atomic mass is 10.0. The van der Waals surface area contributed by atoms with Gasteiger partial charge in [0.1, 0.15) is 0 Å². The highest BCUT2D eigenvalue weighted by Gasteiger charge is 2.11. The number of fused-ring (bicyclic) bond motifs is 1. The molecule has 120 valence electrons. The first kappa shape index (κ1) is 16.1. The van der Waals surface area contributed by atoms with Gasteiger partial charge in [-0.2, -0.15) is 0 Å². The number of carbonyl (C=O) groups excluding carboxylic acids is 1. The smallest absolute Gasteiger partial charge is 0.258 e. The number of rotatable bonds is 3. The molecule has 3 aromatic rings. The SMILES string of the molecule is CCc1ccc(NC(=S)NC(=O)c2cccc3ccccc23)cc1. The minimum atomic E-state index is -0.213. The highest BCUT2D eigenvalue weighted by molar-refractivity contribution is 7.80. The molecule has 0 radical (unpaired) electrons. The zero-order valence-electron chi connectivity index (χ0n) is 13.4. The number of benzene rings is 3. The maximum Gasteiger partial charge on any atom is 0.258 e. The van der Waals surface area contributed by atoms with Crippen LogP contribution in [0.25, 0.3) is 10.8 Å². The van der Waals surface area contributed by atoms with Crippen molar-refractivity contribution in [3.63, 3.8) is 0 Å². The molecule has 3 nitrogen and oxygen atoms in total. The van der Waals surface area contributed by atoms with Gasteiger partial charge in [-0.15, -0.1) is 0 Å². The fraction of sp³-hybridized carbons (Fsp3) is 0.100. The summed E-state index contributed by atoms with van der Waals surface area (Å²) in [5, 5.41) is 8.01. The Hall–Kier alpha value is -2.72. The Bertz CT molecular complexity index is 882. The molecule has 24 heavy (non-hydrogen) atoms. The molecule has 2 N–H and O–H groups in total. The summed E-state index contributed by atoms with van der Waals surface area (Å²) >= 11 is 5.25. The predicted molar refractivity (Wildman–Crippen MR) is 103 cm³/mol. The van der Waals surface area contributed by atoms with Crippen LogP contribution in [0, 0.1) is 0 Å². The Kier molecular flexibility index (Phi) is 4.87. The number of nitrogens with one attached hydrogen (secondary N) is 2. The van der Waals surface area contributed by atoms with E-state index in [1.54, 1.807) is 6.07 Å². The van der Waals surface area contributed by atoms with Crippen LogP contribution >= 0.6 is 12.2 Å². The number of carbonyl (C=O) groups is 1. The number of anilines is 1. The Labute approximate surface area is 146 Å². The van der Waals surface area contributed by atoms with Crippen LogP contribution in [0.15, 0.2) is 66.7 Å². The monoisotopic (exact) mass is 334 g/mol. The van der Waals surface area contributed by atoms with Crippen molar-refractivity contribution in [3.8, 4) is 0 Å². The van der Waals surface area contributed by atoms with Crippen molar-refractivity contribution >= 4 is 39.7 Å². The van der Waals surface area contributed by atoms with Gasteiger partial charge >= 0.3 is 0 Å². The molecule has 0 atom stereocenters. The molecule has 0 aromatic heterocycles. The molecular formula is C20H18N2OS. The van der Waals surface area contributed by atoms with Crippen molar-refractivity contribution in [2.75, 3.05) is 5.32 Å². The lowest BCUT2D eigenvalue weighted by molar-refractivity contribution is 0.0979. The molecule has 0 spiro atoms. The molecule has 0 saturated heterocycles. The molecular weight excluding hydrogens is 316 g/mol. The van der Waals surface area contributed by atoms with Crippen molar-refractivity contribution in [1.29, 1.82) is 0 Å². The first-order chi connectivity index (χ1) is 11.7. The van der Waals surface area contributed by atoms with Gasteiger partial charge in [0.05, 0.1) is 0 Å². The Balaban J connectivity index is 1.72. The topological polar surface area (TPSA) is 41.1 Å². The van der Waals surface area contributed by atoms with Gasteiger partial charge < -0.3 is 5.32 Å². The van der Waals surface area contributed by atoms with Crippen molar-refractivity contribution in [2.45, 2.75) is 13.3 Å². The summed E-state index contributed by atoms with van der Waals surface area (Å²) in [5.41, 5.74) is 2.72. The quantitative estimate of drug-likeness (QED) is 0.692. The van der Waals surface area contributed by atoms with Gasteiger partial charge in [-0.3, -0.25) is 10.1 Å². The van der Waals surface area contributed by atoms with E-state index in [-0.39, 0.29) is 11.0 Å². The second-order valence-electron chi connectivity index (χ2n) is 5.49. The van der Waals surface area contributed by atoms with Crippen molar-refractivity contribution in [1.82, 2.24) is 5.32 Å². The summed E-state index contributed by atoms with van der Waals surface area (Å²) in [6.07, 6.45) is 0.989. The molecule has 0 aliphatic rings. The predicted octanol–water partition coefficient (Wildman–Crippen LogP) is 4.53. The average molecular weight is 334 g/mol. The third-order valence-electron chi connectivity index (χ3n) is 3.88. The summed E-state index contributed by atoms with van der Waals surface area (Å²) in [4.78, 5) is 12.5. The molecule has 3 rings (SSSR count). The van der Waals surface area contributed by atoms with E-state index in [9.17, 15) is 4.79 Å². The standard InChI is InChI=1S/C20H18N2OS/c1-2-14-10-12-16(13-11-14)21-20(24)22-19(23)18-9-5-7-15-6-3-4-8-17(15)18/h3-13H,2H2,1H3,(H2,21,22,23,24). The van der Waals surface area contributed by atoms with Crippen molar-refractivity contribution < 1.29 is 4.79 Å². The molecule has 3 aromatic carbocycles. The van der Waals surface area contributed by atoms with Crippen molar-refractivity contribution in [3.05, 3.63) is 77.9 Å². The summed E-state index contributed by atoms with van der Waals surface area (Å²) in [5.74, 6) is -0.213. The van der Waals surface area contributed by atoms with Crippen LogP contribution in [-0.4, -0.2) is 11.0 Å². The highest BCUT2D eigenvalue weighted by atomic mass is 32.1. The Morgan fingerprint density at radius 2 is 1.67 bits per heavy atom. The summed E-state index contributed by atoms with van der Waals surface area (Å²) < 4.78 is 0. The molecule has 0 aliphatic carbocycles. The zero-order chi connectivity index (χ0) is 16.9. The maximum absolute atomic E-state index is 12.5. The van der Waals surface area contributed by atoms with Gasteiger partial charge in [-0.05, 0) is 53.2 Å². The lowest BCUT2D eigenvalue weighted by Gasteiger charge is -2.11. The molecule has 0 unspecified atom stereocenters. The molecule has 0 saturated carbocycles. The highest BCUT2D eigenvalue weighted by Crippen LogP contribution is 2.18. The van der Waals surface area contributed by atoms with Gasteiger partial charge in [0, 0.05) is 11.3 Å². The van der Waals surface area contributed by atoms with Crippen LogP contribution in [0.5, 0.6) is 0 Å². The van der Waals surface area contributed by atoms with E-state index in [0.717, 1.165) is 22.9 Å². The largest absolute Gasteiger partial charge is 0.332 e. The lowest BCUT2D eigenvalue weighted by Crippen LogP contribution is -2.34. The third kappa shape index (κ3) is 3.60. The number of amides is 1. The number of aryl methyl sites for hydroxylation is 1. The summed E-state index contributed by atoms with van der Waals surface area (Å²) in [6.45, 7) is 2.11. The first-order valence-corrected chi connectivity index (χ1v) is 8.27.